The van der Waals surface area contributed by atoms with Crippen molar-refractivity contribution < 1.29 is 8.42 Å². The third kappa shape index (κ3) is 2.56. The number of sulfonamides is 1. The quantitative estimate of drug-likeness (QED) is 0.803. The Kier molecular flexibility index (Phi) is 3.90. The Hall–Kier alpha value is -0.390. The van der Waals surface area contributed by atoms with Crippen LogP contribution >= 0.6 is 15.9 Å². The number of hydrogen-bond donors (Lipinski definition) is 0. The van der Waals surface area contributed by atoms with E-state index in [4.69, 9.17) is 0 Å². The number of hydrogen-bond acceptors (Lipinski definition) is 2. The molecule has 1 aromatic rings. The average Bonchev–Trinajstić information content (AvgIpc) is 2.78. The first-order chi connectivity index (χ1) is 8.05. The van der Waals surface area contributed by atoms with Crippen LogP contribution in [0.3, 0.4) is 0 Å². The molecule has 0 aliphatic carbocycles. The van der Waals surface area contributed by atoms with Crippen molar-refractivity contribution in [3.8, 4) is 0 Å². The van der Waals surface area contributed by atoms with Gasteiger partial charge in [0.1, 0.15) is 0 Å². The molecule has 3 nitrogen and oxygen atoms in total. The molecule has 1 saturated heterocycles. The number of benzene rings is 1. The van der Waals surface area contributed by atoms with Crippen LogP contribution in [-0.2, 0) is 10.0 Å². The minimum Gasteiger partial charge on any atom is -0.207 e. The van der Waals surface area contributed by atoms with Crippen molar-refractivity contribution in [1.29, 1.82) is 0 Å². The van der Waals surface area contributed by atoms with Crippen LogP contribution in [0.1, 0.15) is 18.4 Å². The van der Waals surface area contributed by atoms with Gasteiger partial charge in [-0.3, -0.25) is 0 Å². The van der Waals surface area contributed by atoms with Crippen LogP contribution in [0.25, 0.3) is 0 Å². The highest BCUT2D eigenvalue weighted by molar-refractivity contribution is 9.09. The summed E-state index contributed by atoms with van der Waals surface area (Å²) in [5, 5.41) is 0.706. The number of halogens is 1. The summed E-state index contributed by atoms with van der Waals surface area (Å²) in [6, 6.07) is 7.15. The van der Waals surface area contributed by atoms with Crippen molar-refractivity contribution in [2.75, 3.05) is 11.9 Å². The molecule has 0 amide bonds. The van der Waals surface area contributed by atoms with Crippen LogP contribution in [0.15, 0.2) is 29.2 Å². The van der Waals surface area contributed by atoms with Gasteiger partial charge in [0.15, 0.2) is 0 Å². The second kappa shape index (κ2) is 5.08. The molecule has 17 heavy (non-hydrogen) atoms. The zero-order valence-corrected chi connectivity index (χ0v) is 12.2. The molecule has 0 bridgehead atoms. The van der Waals surface area contributed by atoms with Gasteiger partial charge in [-0.2, -0.15) is 4.31 Å². The van der Waals surface area contributed by atoms with Gasteiger partial charge in [0.2, 0.25) is 10.0 Å². The number of nitrogens with zero attached hydrogens (tertiary/aromatic N) is 1. The largest absolute Gasteiger partial charge is 0.243 e. The van der Waals surface area contributed by atoms with Crippen molar-refractivity contribution in [3.63, 3.8) is 0 Å². The maximum Gasteiger partial charge on any atom is 0.243 e. The van der Waals surface area contributed by atoms with Crippen molar-refractivity contribution in [2.45, 2.75) is 30.7 Å². The van der Waals surface area contributed by atoms with Gasteiger partial charge in [-0.25, -0.2) is 8.42 Å². The molecule has 1 aromatic carbocycles. The highest BCUT2D eigenvalue weighted by Crippen LogP contribution is 2.27. The molecule has 2 rings (SSSR count). The molecule has 0 N–H and O–H groups in total. The van der Waals surface area contributed by atoms with E-state index in [9.17, 15) is 8.42 Å². The van der Waals surface area contributed by atoms with E-state index in [0.717, 1.165) is 18.4 Å². The molecule has 1 aliphatic heterocycles. The van der Waals surface area contributed by atoms with Crippen LogP contribution < -0.4 is 0 Å². The Morgan fingerprint density at radius 2 is 2.00 bits per heavy atom. The monoisotopic (exact) mass is 317 g/mol. The fourth-order valence-electron chi connectivity index (χ4n) is 2.13. The van der Waals surface area contributed by atoms with Gasteiger partial charge in [-0.1, -0.05) is 33.6 Å². The van der Waals surface area contributed by atoms with E-state index in [-0.39, 0.29) is 6.04 Å². The highest BCUT2D eigenvalue weighted by atomic mass is 79.9. The third-order valence-electron chi connectivity index (χ3n) is 3.13. The third-order valence-corrected chi connectivity index (χ3v) is 5.84. The molecule has 0 spiro atoms. The minimum absolute atomic E-state index is 0.0984. The molecule has 1 atom stereocenters. The second-order valence-corrected chi connectivity index (χ2v) is 6.92. The Bertz CT molecular complexity index is 484. The summed E-state index contributed by atoms with van der Waals surface area (Å²) < 4.78 is 26.5. The molecule has 1 aliphatic rings. The van der Waals surface area contributed by atoms with E-state index in [1.807, 2.05) is 19.1 Å². The van der Waals surface area contributed by atoms with E-state index in [1.54, 1.807) is 16.4 Å². The van der Waals surface area contributed by atoms with Crippen molar-refractivity contribution >= 4 is 26.0 Å². The Balaban J connectivity index is 2.33. The molecule has 0 aromatic heterocycles. The van der Waals surface area contributed by atoms with E-state index < -0.39 is 10.0 Å². The summed E-state index contributed by atoms with van der Waals surface area (Å²) >= 11 is 3.39. The van der Waals surface area contributed by atoms with Crippen LogP contribution in [0.2, 0.25) is 0 Å². The number of aryl methyl sites for hydroxylation is 1. The summed E-state index contributed by atoms with van der Waals surface area (Å²) in [5.74, 6) is 0. The van der Waals surface area contributed by atoms with Crippen LogP contribution in [0, 0.1) is 6.92 Å². The number of alkyl halides is 1. The summed E-state index contributed by atoms with van der Waals surface area (Å²) in [4.78, 5) is 0.399. The second-order valence-electron chi connectivity index (χ2n) is 4.38. The lowest BCUT2D eigenvalue weighted by molar-refractivity contribution is 0.413. The molecule has 94 valence electrons. The zero-order valence-electron chi connectivity index (χ0n) is 9.77. The maximum absolute atomic E-state index is 12.4. The lowest BCUT2D eigenvalue weighted by atomic mass is 10.2. The first-order valence-corrected chi connectivity index (χ1v) is 8.26. The van der Waals surface area contributed by atoms with Gasteiger partial charge >= 0.3 is 0 Å². The number of rotatable bonds is 3. The first kappa shape index (κ1) is 13.1. The fraction of sp³-hybridized carbons (Fsp3) is 0.500. The Morgan fingerprint density at radius 1 is 1.35 bits per heavy atom. The first-order valence-electron chi connectivity index (χ1n) is 5.70. The van der Waals surface area contributed by atoms with Crippen molar-refractivity contribution in [1.82, 2.24) is 4.31 Å². The normalized spacial score (nSPS) is 21.9. The predicted molar refractivity (Wildman–Crippen MR) is 71.9 cm³/mol. The molecular formula is C12H16BrNO2S. The highest BCUT2D eigenvalue weighted by Gasteiger charge is 2.34. The molecule has 5 heteroatoms. The van der Waals surface area contributed by atoms with Gasteiger partial charge in [0, 0.05) is 17.9 Å². The molecule has 1 heterocycles. The maximum atomic E-state index is 12.4. The van der Waals surface area contributed by atoms with Crippen LogP contribution in [-0.4, -0.2) is 30.6 Å². The van der Waals surface area contributed by atoms with Crippen molar-refractivity contribution in [3.05, 3.63) is 29.8 Å². The topological polar surface area (TPSA) is 37.4 Å². The van der Waals surface area contributed by atoms with Crippen molar-refractivity contribution in [2.24, 2.45) is 0 Å². The van der Waals surface area contributed by atoms with Gasteiger partial charge in [0.25, 0.3) is 0 Å². The van der Waals surface area contributed by atoms with Gasteiger partial charge in [-0.15, -0.1) is 0 Å². The Labute approximate surface area is 111 Å². The summed E-state index contributed by atoms with van der Waals surface area (Å²) in [6.07, 6.45) is 1.89. The van der Waals surface area contributed by atoms with E-state index in [2.05, 4.69) is 15.9 Å². The van der Waals surface area contributed by atoms with Gasteiger partial charge < -0.3 is 0 Å². The molecule has 1 fully saturated rings. The average molecular weight is 318 g/mol. The van der Waals surface area contributed by atoms with Crippen LogP contribution in [0.5, 0.6) is 0 Å². The molecule has 0 radical (unpaired) electrons. The predicted octanol–water partition coefficient (Wildman–Crippen LogP) is 2.54. The summed E-state index contributed by atoms with van der Waals surface area (Å²) in [5.41, 5.74) is 1.07. The lowest BCUT2D eigenvalue weighted by Gasteiger charge is -2.22. The van der Waals surface area contributed by atoms with E-state index in [0.29, 0.717) is 16.8 Å². The summed E-state index contributed by atoms with van der Waals surface area (Å²) in [7, 11) is -3.31. The molecule has 1 unspecified atom stereocenters. The van der Waals surface area contributed by atoms with Gasteiger partial charge in [0.05, 0.1) is 4.90 Å². The van der Waals surface area contributed by atoms with E-state index in [1.165, 1.54) is 0 Å². The van der Waals surface area contributed by atoms with Crippen LogP contribution in [0.4, 0.5) is 0 Å². The smallest absolute Gasteiger partial charge is 0.207 e. The van der Waals surface area contributed by atoms with E-state index >= 15 is 0 Å². The standard InChI is InChI=1S/C12H16BrNO2S/c1-10-4-6-12(7-5-10)17(15,16)14-8-2-3-11(14)9-13/h4-7,11H,2-3,8-9H2,1H3. The lowest BCUT2D eigenvalue weighted by Crippen LogP contribution is -2.36. The zero-order chi connectivity index (χ0) is 12.5. The Morgan fingerprint density at radius 3 is 2.59 bits per heavy atom. The SMILES string of the molecule is Cc1ccc(S(=O)(=O)N2CCCC2CBr)cc1. The molecule has 0 saturated carbocycles. The van der Waals surface area contributed by atoms with Gasteiger partial charge in [-0.05, 0) is 31.9 Å². The fourth-order valence-corrected chi connectivity index (χ4v) is 4.68. The summed E-state index contributed by atoms with van der Waals surface area (Å²) in [6.45, 7) is 2.58. The minimum atomic E-state index is -3.31. The molecular weight excluding hydrogens is 302 g/mol.